The van der Waals surface area contributed by atoms with E-state index in [0.29, 0.717) is 6.10 Å². The maximum absolute atomic E-state index is 5.70. The minimum Gasteiger partial charge on any atom is -0.373 e. The molecule has 1 fully saturated rings. The Hall–Kier alpha value is -0.820. The van der Waals surface area contributed by atoms with Crippen molar-refractivity contribution < 1.29 is 4.74 Å². The van der Waals surface area contributed by atoms with Gasteiger partial charge in [0.25, 0.3) is 0 Å². The lowest BCUT2D eigenvalue weighted by atomic mass is 10.0. The Morgan fingerprint density at radius 3 is 3.17 bits per heavy atom. The third kappa shape index (κ3) is 0.774. The van der Waals surface area contributed by atoms with Crippen LogP contribution in [0.15, 0.2) is 24.3 Å². The molecule has 2 atom stereocenters. The van der Waals surface area contributed by atoms with Gasteiger partial charge in [-0.2, -0.15) is 0 Å². The van der Waals surface area contributed by atoms with Gasteiger partial charge >= 0.3 is 0 Å². The van der Waals surface area contributed by atoms with E-state index in [-0.39, 0.29) is 0 Å². The van der Waals surface area contributed by atoms with Crippen molar-refractivity contribution in [2.75, 3.05) is 6.61 Å². The lowest BCUT2D eigenvalue weighted by molar-refractivity contribution is 0.0991. The van der Waals surface area contributed by atoms with E-state index >= 15 is 0 Å². The first kappa shape index (κ1) is 6.67. The highest BCUT2D eigenvalue weighted by Crippen LogP contribution is 2.44. The second-order valence-electron chi connectivity index (χ2n) is 3.74. The summed E-state index contributed by atoms with van der Waals surface area (Å²) in [6, 6.07) is 8.69. The Morgan fingerprint density at radius 2 is 2.17 bits per heavy atom. The Labute approximate surface area is 72.4 Å². The molecular weight excluding hydrogens is 148 g/mol. The fraction of sp³-hybridized carbons (Fsp3) is 0.455. The maximum Gasteiger partial charge on any atom is 0.0859 e. The molecule has 1 aromatic carbocycles. The van der Waals surface area contributed by atoms with E-state index in [0.717, 1.165) is 12.5 Å². The number of ether oxygens (including phenoxy) is 1. The molecule has 0 radical (unpaired) electrons. The highest BCUT2D eigenvalue weighted by atomic mass is 16.5. The average molecular weight is 160 g/mol. The van der Waals surface area contributed by atoms with Crippen molar-refractivity contribution in [1.82, 2.24) is 0 Å². The molecule has 0 amide bonds. The molecule has 1 heterocycles. The SMILES string of the molecule is c1ccc2c(c1)CC1CCOC21. The fourth-order valence-electron chi connectivity index (χ4n) is 2.47. The van der Waals surface area contributed by atoms with Crippen LogP contribution < -0.4 is 0 Å². The maximum atomic E-state index is 5.70. The van der Waals surface area contributed by atoms with Crippen LogP contribution in [0.1, 0.15) is 23.7 Å². The van der Waals surface area contributed by atoms with Crippen LogP contribution in [0.4, 0.5) is 0 Å². The summed E-state index contributed by atoms with van der Waals surface area (Å²) in [4.78, 5) is 0. The molecule has 0 N–H and O–H groups in total. The summed E-state index contributed by atoms with van der Waals surface area (Å²) in [6.07, 6.45) is 2.92. The number of rotatable bonds is 0. The van der Waals surface area contributed by atoms with Crippen molar-refractivity contribution in [2.45, 2.75) is 18.9 Å². The Balaban J connectivity index is 2.09. The van der Waals surface area contributed by atoms with Crippen LogP contribution >= 0.6 is 0 Å². The third-order valence-corrected chi connectivity index (χ3v) is 3.06. The first-order valence-corrected chi connectivity index (χ1v) is 4.64. The molecule has 62 valence electrons. The molecule has 0 spiro atoms. The van der Waals surface area contributed by atoms with E-state index in [1.165, 1.54) is 24.0 Å². The zero-order chi connectivity index (χ0) is 7.97. The Morgan fingerprint density at radius 1 is 1.25 bits per heavy atom. The summed E-state index contributed by atoms with van der Waals surface area (Å²) in [5.41, 5.74) is 2.95. The molecule has 1 nitrogen and oxygen atoms in total. The van der Waals surface area contributed by atoms with Gasteiger partial charge in [0, 0.05) is 6.61 Å². The van der Waals surface area contributed by atoms with Crippen molar-refractivity contribution >= 4 is 0 Å². The number of hydrogen-bond acceptors (Lipinski definition) is 1. The molecule has 1 saturated heterocycles. The minimum atomic E-state index is 0.432. The van der Waals surface area contributed by atoms with Crippen molar-refractivity contribution in [2.24, 2.45) is 5.92 Å². The fourth-order valence-corrected chi connectivity index (χ4v) is 2.47. The van der Waals surface area contributed by atoms with Gasteiger partial charge in [0.15, 0.2) is 0 Å². The molecule has 1 heteroatoms. The summed E-state index contributed by atoms with van der Waals surface area (Å²) in [7, 11) is 0. The van der Waals surface area contributed by atoms with Crippen LogP contribution in [0.3, 0.4) is 0 Å². The van der Waals surface area contributed by atoms with Gasteiger partial charge in [-0.25, -0.2) is 0 Å². The number of hydrogen-bond donors (Lipinski definition) is 0. The van der Waals surface area contributed by atoms with E-state index < -0.39 is 0 Å². The van der Waals surface area contributed by atoms with Crippen LogP contribution in [0, 0.1) is 5.92 Å². The lowest BCUT2D eigenvalue weighted by Crippen LogP contribution is -1.98. The predicted octanol–water partition coefficient (Wildman–Crippen LogP) is 2.32. The smallest absolute Gasteiger partial charge is 0.0859 e. The minimum absolute atomic E-state index is 0.432. The van der Waals surface area contributed by atoms with Gasteiger partial charge in [0.05, 0.1) is 6.10 Å². The third-order valence-electron chi connectivity index (χ3n) is 3.06. The van der Waals surface area contributed by atoms with Gasteiger partial charge in [-0.15, -0.1) is 0 Å². The van der Waals surface area contributed by atoms with Crippen LogP contribution in [-0.4, -0.2) is 6.61 Å². The quantitative estimate of drug-likeness (QED) is 0.566. The van der Waals surface area contributed by atoms with E-state index in [4.69, 9.17) is 4.74 Å². The molecule has 2 unspecified atom stereocenters. The molecule has 3 rings (SSSR count). The summed E-state index contributed by atoms with van der Waals surface area (Å²) in [5.74, 6) is 0.780. The number of fused-ring (bicyclic) bond motifs is 3. The van der Waals surface area contributed by atoms with E-state index in [1.54, 1.807) is 0 Å². The molecule has 0 saturated carbocycles. The zero-order valence-electron chi connectivity index (χ0n) is 6.99. The van der Waals surface area contributed by atoms with E-state index in [1.807, 2.05) is 0 Å². The molecular formula is C11H12O. The monoisotopic (exact) mass is 160 g/mol. The highest BCUT2D eigenvalue weighted by Gasteiger charge is 2.36. The van der Waals surface area contributed by atoms with Gasteiger partial charge < -0.3 is 4.74 Å². The van der Waals surface area contributed by atoms with E-state index in [2.05, 4.69) is 24.3 Å². The van der Waals surface area contributed by atoms with Gasteiger partial charge in [0.1, 0.15) is 0 Å². The topological polar surface area (TPSA) is 9.23 Å². The van der Waals surface area contributed by atoms with Crippen LogP contribution in [0.2, 0.25) is 0 Å². The molecule has 1 aliphatic carbocycles. The van der Waals surface area contributed by atoms with Crippen LogP contribution in [0.25, 0.3) is 0 Å². The molecule has 0 aromatic heterocycles. The second kappa shape index (κ2) is 2.33. The van der Waals surface area contributed by atoms with Crippen LogP contribution in [-0.2, 0) is 11.2 Å². The highest BCUT2D eigenvalue weighted by molar-refractivity contribution is 5.35. The standard InChI is InChI=1S/C11H12O/c1-2-4-10-8(3-1)7-9-5-6-12-11(9)10/h1-4,9,11H,5-7H2. The largest absolute Gasteiger partial charge is 0.373 e. The van der Waals surface area contributed by atoms with Crippen molar-refractivity contribution in [1.29, 1.82) is 0 Å². The zero-order valence-corrected chi connectivity index (χ0v) is 6.99. The lowest BCUT2D eigenvalue weighted by Gasteiger charge is -2.08. The Kier molecular flexibility index (Phi) is 1.30. The van der Waals surface area contributed by atoms with E-state index in [9.17, 15) is 0 Å². The summed E-state index contributed by atoms with van der Waals surface area (Å²) in [6.45, 7) is 0.962. The van der Waals surface area contributed by atoms with Crippen molar-refractivity contribution in [3.8, 4) is 0 Å². The summed E-state index contributed by atoms with van der Waals surface area (Å²) < 4.78 is 5.70. The molecule has 12 heavy (non-hydrogen) atoms. The second-order valence-corrected chi connectivity index (χ2v) is 3.74. The summed E-state index contributed by atoms with van der Waals surface area (Å²) in [5, 5.41) is 0. The van der Waals surface area contributed by atoms with Crippen molar-refractivity contribution in [3.63, 3.8) is 0 Å². The number of benzene rings is 1. The van der Waals surface area contributed by atoms with Gasteiger partial charge in [-0.3, -0.25) is 0 Å². The van der Waals surface area contributed by atoms with Gasteiger partial charge in [-0.1, -0.05) is 24.3 Å². The van der Waals surface area contributed by atoms with Gasteiger partial charge in [-0.05, 0) is 29.9 Å². The predicted molar refractivity (Wildman–Crippen MR) is 46.9 cm³/mol. The van der Waals surface area contributed by atoms with Crippen molar-refractivity contribution in [3.05, 3.63) is 35.4 Å². The summed E-state index contributed by atoms with van der Waals surface area (Å²) >= 11 is 0. The molecule has 0 bridgehead atoms. The normalized spacial score (nSPS) is 31.7. The first-order valence-electron chi connectivity index (χ1n) is 4.64. The molecule has 2 aliphatic rings. The molecule has 1 aromatic rings. The average Bonchev–Trinajstić information content (AvgIpc) is 2.62. The first-order chi connectivity index (χ1) is 5.95. The van der Waals surface area contributed by atoms with Crippen LogP contribution in [0.5, 0.6) is 0 Å². The molecule has 1 aliphatic heterocycles. The Bertz CT molecular complexity index is 306. The van der Waals surface area contributed by atoms with Gasteiger partial charge in [0.2, 0.25) is 0 Å².